The van der Waals surface area contributed by atoms with E-state index >= 15 is 0 Å². The van der Waals surface area contributed by atoms with Gasteiger partial charge in [-0.15, -0.1) is 0 Å². The summed E-state index contributed by atoms with van der Waals surface area (Å²) in [6.45, 7) is 3.24. The first-order valence-corrected chi connectivity index (χ1v) is 17.5. The van der Waals surface area contributed by atoms with Gasteiger partial charge in [0.15, 0.2) is 0 Å². The molecule has 3 aromatic rings. The number of carbonyl (C=O) groups is 7. The summed E-state index contributed by atoms with van der Waals surface area (Å²) in [5.41, 5.74) is 8.66. The number of aromatic amines is 1. The Morgan fingerprint density at radius 3 is 2.25 bits per heavy atom. The van der Waals surface area contributed by atoms with E-state index in [1.54, 1.807) is 50.4 Å². The number of rotatable bonds is 18. The van der Waals surface area contributed by atoms with Crippen LogP contribution in [0, 0.1) is 5.92 Å². The zero-order valence-electron chi connectivity index (χ0n) is 29.7. The number of carboxylic acid groups (broad SMARTS) is 2. The third kappa shape index (κ3) is 11.1. The molecule has 5 amide bonds. The molecule has 1 fully saturated rings. The molecule has 0 aliphatic carbocycles. The lowest BCUT2D eigenvalue weighted by Gasteiger charge is -2.28. The highest BCUT2D eigenvalue weighted by Crippen LogP contribution is 2.20. The number of nitrogens with one attached hydrogen (secondary N) is 5. The molecule has 0 saturated carbocycles. The molecule has 4 rings (SSSR count). The summed E-state index contributed by atoms with van der Waals surface area (Å²) < 4.78 is 0. The predicted octanol–water partition coefficient (Wildman–Crippen LogP) is 0.447. The molecule has 53 heavy (non-hydrogen) atoms. The molecule has 0 unspecified atom stereocenters. The molecule has 9 N–H and O–H groups in total. The highest BCUT2D eigenvalue weighted by Gasteiger charge is 2.37. The van der Waals surface area contributed by atoms with Crippen LogP contribution in [-0.4, -0.2) is 105 Å². The molecule has 2 heterocycles. The predicted molar refractivity (Wildman–Crippen MR) is 193 cm³/mol. The Labute approximate surface area is 306 Å². The van der Waals surface area contributed by atoms with Gasteiger partial charge in [-0.1, -0.05) is 62.4 Å². The second-order valence-corrected chi connectivity index (χ2v) is 13.4. The topological polar surface area (TPSA) is 253 Å². The Balaban J connectivity index is 1.36. The number of nitrogens with two attached hydrogens (primary N) is 1. The van der Waals surface area contributed by atoms with E-state index in [2.05, 4.69) is 26.3 Å². The highest BCUT2D eigenvalue weighted by atomic mass is 16.4. The number of aromatic nitrogens is 1. The van der Waals surface area contributed by atoms with Crippen LogP contribution in [0.15, 0.2) is 60.8 Å². The van der Waals surface area contributed by atoms with Gasteiger partial charge in [0, 0.05) is 36.5 Å². The lowest BCUT2D eigenvalue weighted by atomic mass is 10.0. The van der Waals surface area contributed by atoms with Crippen molar-refractivity contribution in [2.24, 2.45) is 11.7 Å². The maximum atomic E-state index is 13.6. The van der Waals surface area contributed by atoms with Crippen molar-refractivity contribution in [2.45, 2.75) is 82.6 Å². The van der Waals surface area contributed by atoms with Gasteiger partial charge in [-0.2, -0.15) is 0 Å². The van der Waals surface area contributed by atoms with Gasteiger partial charge in [-0.25, -0.2) is 4.79 Å². The third-order valence-electron chi connectivity index (χ3n) is 9.17. The lowest BCUT2D eigenvalue weighted by Crippen LogP contribution is -2.57. The molecule has 1 saturated heterocycles. The summed E-state index contributed by atoms with van der Waals surface area (Å²) in [4.78, 5) is 93.8. The van der Waals surface area contributed by atoms with E-state index in [4.69, 9.17) is 10.8 Å². The van der Waals surface area contributed by atoms with Crippen molar-refractivity contribution in [2.75, 3.05) is 13.1 Å². The fourth-order valence-electron chi connectivity index (χ4n) is 6.26. The monoisotopic (exact) mass is 733 g/mol. The summed E-state index contributed by atoms with van der Waals surface area (Å²) in [5.74, 6) is -6.16. The second kappa shape index (κ2) is 18.6. The summed E-state index contributed by atoms with van der Waals surface area (Å²) in [5, 5.41) is 29.8. The average molecular weight is 734 g/mol. The standard InChI is InChI=1S/C37H47N7O9/c1-21(2)32(43-33(48)25(38)18-23-19-39-26-12-7-6-11-24(23)26)36(51)40-20-30(45)44-16-8-13-29(44)35(50)42-28(17-22-9-4-3-5-10-22)34(49)41-27(37(52)53)14-15-31(46)47/h3-7,9-12,19,21,25,27-29,32,39H,8,13-18,20,38H2,1-2H3,(H,40,51)(H,41,49)(H,42,50)(H,43,48)(H,46,47)(H,52,53)/t25-,27-,28-,29-,32-/m0/s1. The number of carboxylic acids is 2. The van der Waals surface area contributed by atoms with Gasteiger partial charge < -0.3 is 47.1 Å². The lowest BCUT2D eigenvalue weighted by molar-refractivity contribution is -0.144. The van der Waals surface area contributed by atoms with Gasteiger partial charge in [0.25, 0.3) is 0 Å². The van der Waals surface area contributed by atoms with E-state index in [0.717, 1.165) is 16.5 Å². The normalized spacial score (nSPS) is 16.3. The summed E-state index contributed by atoms with van der Waals surface area (Å²) in [6.07, 6.45) is 1.92. The molecule has 16 nitrogen and oxygen atoms in total. The van der Waals surface area contributed by atoms with Crippen LogP contribution in [0.1, 0.15) is 50.7 Å². The second-order valence-electron chi connectivity index (χ2n) is 13.4. The van der Waals surface area contributed by atoms with Crippen molar-refractivity contribution in [1.29, 1.82) is 0 Å². The van der Waals surface area contributed by atoms with Gasteiger partial charge in [0.2, 0.25) is 29.5 Å². The first kappa shape index (κ1) is 40.0. The smallest absolute Gasteiger partial charge is 0.326 e. The molecular weight excluding hydrogens is 686 g/mol. The third-order valence-corrected chi connectivity index (χ3v) is 9.17. The summed E-state index contributed by atoms with van der Waals surface area (Å²) in [7, 11) is 0. The molecule has 0 spiro atoms. The van der Waals surface area contributed by atoms with Crippen molar-refractivity contribution in [3.05, 3.63) is 71.9 Å². The first-order chi connectivity index (χ1) is 25.2. The van der Waals surface area contributed by atoms with Crippen LogP contribution in [0.5, 0.6) is 0 Å². The minimum absolute atomic E-state index is 0.00580. The molecule has 1 aromatic heterocycles. The molecular formula is C37H47N7O9. The average Bonchev–Trinajstić information content (AvgIpc) is 3.79. The quantitative estimate of drug-likeness (QED) is 0.0896. The SMILES string of the molecule is CC(C)[C@H](NC(=O)[C@@H](N)Cc1c[nH]c2ccccc12)C(=O)NCC(=O)N1CCC[C@H]1C(=O)N[C@@H](Cc1ccccc1)C(=O)N[C@@H](CCC(=O)O)C(=O)O. The number of aliphatic carboxylic acids is 2. The molecule has 1 aliphatic heterocycles. The van der Waals surface area contributed by atoms with Gasteiger partial charge in [-0.05, 0) is 48.8 Å². The number of nitrogens with zero attached hydrogens (tertiary/aromatic N) is 1. The van der Waals surface area contributed by atoms with E-state index in [-0.39, 0.29) is 38.1 Å². The minimum Gasteiger partial charge on any atom is -0.481 e. The van der Waals surface area contributed by atoms with Crippen LogP contribution in [-0.2, 0) is 46.4 Å². The zero-order valence-corrected chi connectivity index (χ0v) is 29.7. The number of benzene rings is 2. The fraction of sp³-hybridized carbons (Fsp3) is 0.432. The van der Waals surface area contributed by atoms with E-state index in [1.165, 1.54) is 4.90 Å². The number of para-hydroxylation sites is 1. The number of fused-ring (bicyclic) bond motifs is 1. The van der Waals surface area contributed by atoms with Gasteiger partial charge in [0.05, 0.1) is 12.6 Å². The van der Waals surface area contributed by atoms with E-state index in [1.807, 2.05) is 24.3 Å². The van der Waals surface area contributed by atoms with Gasteiger partial charge >= 0.3 is 11.9 Å². The highest BCUT2D eigenvalue weighted by molar-refractivity contribution is 5.96. The Morgan fingerprint density at radius 2 is 1.57 bits per heavy atom. The Hall–Kier alpha value is -5.77. The maximum Gasteiger partial charge on any atom is 0.326 e. The van der Waals surface area contributed by atoms with Crippen LogP contribution < -0.4 is 27.0 Å². The Morgan fingerprint density at radius 1 is 0.868 bits per heavy atom. The van der Waals surface area contributed by atoms with E-state index in [0.29, 0.717) is 12.0 Å². The molecule has 5 atom stereocenters. The van der Waals surface area contributed by atoms with E-state index < -0.39 is 84.6 Å². The minimum atomic E-state index is -1.50. The maximum absolute atomic E-state index is 13.6. The fourth-order valence-corrected chi connectivity index (χ4v) is 6.26. The van der Waals surface area contributed by atoms with Crippen LogP contribution in [0.25, 0.3) is 10.9 Å². The number of hydrogen-bond donors (Lipinski definition) is 8. The molecule has 16 heteroatoms. The number of likely N-dealkylation sites (tertiary alicyclic amines) is 1. The summed E-state index contributed by atoms with van der Waals surface area (Å²) >= 11 is 0. The van der Waals surface area contributed by atoms with Crippen molar-refractivity contribution in [1.82, 2.24) is 31.2 Å². The van der Waals surface area contributed by atoms with Crippen LogP contribution in [0.3, 0.4) is 0 Å². The number of hydrogen-bond acceptors (Lipinski definition) is 8. The van der Waals surface area contributed by atoms with Crippen LogP contribution >= 0.6 is 0 Å². The molecule has 0 radical (unpaired) electrons. The molecule has 284 valence electrons. The van der Waals surface area contributed by atoms with Crippen molar-refractivity contribution < 1.29 is 43.8 Å². The summed E-state index contributed by atoms with van der Waals surface area (Å²) in [6, 6.07) is 10.6. The number of amides is 5. The molecule has 0 bridgehead atoms. The molecule has 1 aliphatic rings. The number of carbonyl (C=O) groups excluding carboxylic acids is 5. The van der Waals surface area contributed by atoms with Gasteiger partial charge in [0.1, 0.15) is 24.2 Å². The zero-order chi connectivity index (χ0) is 38.7. The van der Waals surface area contributed by atoms with Crippen molar-refractivity contribution in [3.63, 3.8) is 0 Å². The Bertz CT molecular complexity index is 1790. The van der Waals surface area contributed by atoms with Gasteiger partial charge in [-0.3, -0.25) is 28.8 Å². The first-order valence-electron chi connectivity index (χ1n) is 17.5. The van der Waals surface area contributed by atoms with Crippen LogP contribution in [0.4, 0.5) is 0 Å². The number of H-pyrrole nitrogens is 1. The Kier molecular flexibility index (Phi) is 14.1. The molecule has 2 aromatic carbocycles. The van der Waals surface area contributed by atoms with E-state index in [9.17, 15) is 38.7 Å². The largest absolute Gasteiger partial charge is 0.481 e. The van der Waals surface area contributed by atoms with Crippen molar-refractivity contribution >= 4 is 52.4 Å². The van der Waals surface area contributed by atoms with Crippen LogP contribution in [0.2, 0.25) is 0 Å². The van der Waals surface area contributed by atoms with Crippen molar-refractivity contribution in [3.8, 4) is 0 Å².